The predicted molar refractivity (Wildman–Crippen MR) is 150 cm³/mol. The van der Waals surface area contributed by atoms with Crippen molar-refractivity contribution in [2.75, 3.05) is 32.1 Å². The maximum atomic E-state index is 13.6. The molecular weight excluding hydrogens is 516 g/mol. The van der Waals surface area contributed by atoms with Crippen LogP contribution in [0.2, 0.25) is 0 Å². The number of halogens is 2. The summed E-state index contributed by atoms with van der Waals surface area (Å²) in [4.78, 5) is 29.0. The Hall–Kier alpha value is -4.02. The molecule has 4 rings (SSSR count). The number of rotatable bonds is 12. The van der Waals surface area contributed by atoms with Crippen LogP contribution in [0.25, 0.3) is 0 Å². The van der Waals surface area contributed by atoms with E-state index in [0.717, 1.165) is 35.0 Å². The van der Waals surface area contributed by atoms with Gasteiger partial charge in [-0.2, -0.15) is 0 Å². The zero-order valence-electron chi connectivity index (χ0n) is 22.6. The van der Waals surface area contributed by atoms with E-state index in [1.165, 1.54) is 4.90 Å². The lowest BCUT2D eigenvalue weighted by Gasteiger charge is -2.26. The molecule has 0 aliphatic carbocycles. The summed E-state index contributed by atoms with van der Waals surface area (Å²) in [6.07, 6.45) is -0.525. The molecule has 1 saturated heterocycles. The highest BCUT2D eigenvalue weighted by Crippen LogP contribution is 2.16. The van der Waals surface area contributed by atoms with E-state index in [0.29, 0.717) is 13.0 Å². The zero-order chi connectivity index (χ0) is 28.6. The second-order valence-electron chi connectivity index (χ2n) is 10.2. The molecule has 1 heterocycles. The van der Waals surface area contributed by atoms with Crippen LogP contribution in [-0.2, 0) is 24.3 Å². The molecule has 3 amide bonds. The molecule has 1 aliphatic heterocycles. The van der Waals surface area contributed by atoms with E-state index in [2.05, 4.69) is 22.0 Å². The number of anilines is 1. The number of urea groups is 1. The Bertz CT molecular complexity index is 1290. The van der Waals surface area contributed by atoms with Gasteiger partial charge < -0.3 is 30.9 Å². The summed E-state index contributed by atoms with van der Waals surface area (Å²) in [5.41, 5.74) is 3.36. The van der Waals surface area contributed by atoms with Crippen molar-refractivity contribution < 1.29 is 23.5 Å². The predicted octanol–water partition coefficient (Wildman–Crippen LogP) is 2.80. The van der Waals surface area contributed by atoms with Gasteiger partial charge in [0.05, 0.1) is 18.7 Å². The summed E-state index contributed by atoms with van der Waals surface area (Å²) in [5.74, 6) is -1.92. The largest absolute Gasteiger partial charge is 0.390 e. The van der Waals surface area contributed by atoms with Crippen LogP contribution in [-0.4, -0.2) is 67.3 Å². The Morgan fingerprint density at radius 1 is 1.02 bits per heavy atom. The van der Waals surface area contributed by atoms with Gasteiger partial charge in [-0.1, -0.05) is 42.5 Å². The highest BCUT2D eigenvalue weighted by atomic mass is 19.1. The molecule has 8 nitrogen and oxygen atoms in total. The third-order valence-corrected chi connectivity index (χ3v) is 6.80. The second kappa shape index (κ2) is 13.4. The summed E-state index contributed by atoms with van der Waals surface area (Å²) in [5, 5.41) is 19.9. The molecule has 212 valence electrons. The molecule has 0 bridgehead atoms. The first kappa shape index (κ1) is 29.0. The fourth-order valence-corrected chi connectivity index (χ4v) is 4.68. The number of carbonyl (C=O) groups is 2. The van der Waals surface area contributed by atoms with E-state index in [1.54, 1.807) is 0 Å². The first-order chi connectivity index (χ1) is 19.2. The topological polar surface area (TPSA) is 96.9 Å². The third-order valence-electron chi connectivity index (χ3n) is 6.80. The Balaban J connectivity index is 1.37. The van der Waals surface area contributed by atoms with Crippen molar-refractivity contribution in [1.29, 1.82) is 0 Å². The van der Waals surface area contributed by atoms with Crippen LogP contribution in [0.15, 0.2) is 72.8 Å². The van der Waals surface area contributed by atoms with Gasteiger partial charge in [0.2, 0.25) is 5.91 Å². The summed E-state index contributed by atoms with van der Waals surface area (Å²) in [6, 6.07) is 18.6. The number of aliphatic hydroxyl groups excluding tert-OH is 1. The normalized spacial score (nSPS) is 16.4. The van der Waals surface area contributed by atoms with Crippen molar-refractivity contribution in [1.82, 2.24) is 20.9 Å². The summed E-state index contributed by atoms with van der Waals surface area (Å²) < 4.78 is 27.2. The Morgan fingerprint density at radius 2 is 1.73 bits per heavy atom. The molecule has 1 fully saturated rings. The Kier molecular flexibility index (Phi) is 9.68. The van der Waals surface area contributed by atoms with Gasteiger partial charge in [-0.15, -0.1) is 0 Å². The number of hydrogen-bond donors (Lipinski definition) is 4. The number of aliphatic hydroxyl groups is 1. The number of benzene rings is 3. The first-order valence-electron chi connectivity index (χ1n) is 13.2. The van der Waals surface area contributed by atoms with Gasteiger partial charge in [-0.25, -0.2) is 13.6 Å². The van der Waals surface area contributed by atoms with Gasteiger partial charge in [0, 0.05) is 45.5 Å². The molecule has 3 aromatic carbocycles. The molecule has 0 radical (unpaired) electrons. The van der Waals surface area contributed by atoms with E-state index in [9.17, 15) is 23.5 Å². The summed E-state index contributed by atoms with van der Waals surface area (Å²) in [7, 11) is 3.95. The smallest absolute Gasteiger partial charge is 0.318 e. The number of carbonyl (C=O) groups excluding carboxylic acids is 2. The number of nitrogens with zero attached hydrogens (tertiary/aromatic N) is 2. The maximum absolute atomic E-state index is 13.6. The van der Waals surface area contributed by atoms with Crippen molar-refractivity contribution in [2.45, 2.75) is 37.7 Å². The van der Waals surface area contributed by atoms with E-state index in [1.807, 2.05) is 67.5 Å². The zero-order valence-corrected chi connectivity index (χ0v) is 22.6. The Labute approximate surface area is 233 Å². The minimum absolute atomic E-state index is 0.0252. The first-order valence-corrected chi connectivity index (χ1v) is 13.2. The SMILES string of the molecule is CN(C)c1cccc(CNC[C@@H](O)[C@H](Cc2ccccc2)NC(=O)C2CN(Cc3cc(F)cc(F)c3)C(=O)N2)c1. The molecule has 0 saturated carbocycles. The Morgan fingerprint density at radius 3 is 2.42 bits per heavy atom. The van der Waals surface area contributed by atoms with E-state index < -0.39 is 41.8 Å². The highest BCUT2D eigenvalue weighted by molar-refractivity contribution is 5.90. The van der Waals surface area contributed by atoms with Gasteiger partial charge in [-0.05, 0) is 47.4 Å². The molecular formula is C30H35F2N5O3. The van der Waals surface area contributed by atoms with Crippen LogP contribution in [0.1, 0.15) is 16.7 Å². The van der Waals surface area contributed by atoms with E-state index >= 15 is 0 Å². The van der Waals surface area contributed by atoms with Crippen LogP contribution < -0.4 is 20.9 Å². The van der Waals surface area contributed by atoms with Crippen LogP contribution in [0.3, 0.4) is 0 Å². The molecule has 10 heteroatoms. The van der Waals surface area contributed by atoms with Crippen LogP contribution in [0.5, 0.6) is 0 Å². The minimum atomic E-state index is -0.912. The monoisotopic (exact) mass is 551 g/mol. The third kappa shape index (κ3) is 8.00. The van der Waals surface area contributed by atoms with Crippen LogP contribution in [0, 0.1) is 11.6 Å². The van der Waals surface area contributed by atoms with Crippen molar-refractivity contribution >= 4 is 17.6 Å². The fourth-order valence-electron chi connectivity index (χ4n) is 4.68. The molecule has 3 atom stereocenters. The standard InChI is InChI=1S/C30H35F2N5O3/c1-36(2)25-10-6-9-21(13-25)16-33-17-28(38)26(14-20-7-4-3-5-8-20)34-29(39)27-19-37(30(40)35-27)18-22-11-23(31)15-24(32)12-22/h3-13,15,26-28,33,38H,14,16-19H2,1-2H3,(H,34,39)(H,35,40)/t26-,27?,28+/m0/s1. The molecule has 1 aliphatic rings. The molecule has 0 spiro atoms. The van der Waals surface area contributed by atoms with Gasteiger partial charge in [-0.3, -0.25) is 4.79 Å². The van der Waals surface area contributed by atoms with Crippen LogP contribution >= 0.6 is 0 Å². The molecule has 40 heavy (non-hydrogen) atoms. The second-order valence-corrected chi connectivity index (χ2v) is 10.2. The maximum Gasteiger partial charge on any atom is 0.318 e. The van der Waals surface area contributed by atoms with Gasteiger partial charge in [0.1, 0.15) is 17.7 Å². The van der Waals surface area contributed by atoms with Gasteiger partial charge in [0.15, 0.2) is 0 Å². The average Bonchev–Trinajstić information content (AvgIpc) is 3.28. The number of nitrogens with one attached hydrogen (secondary N) is 3. The molecule has 3 aromatic rings. The highest BCUT2D eigenvalue weighted by Gasteiger charge is 2.35. The molecule has 0 aromatic heterocycles. The lowest BCUT2D eigenvalue weighted by atomic mass is 10.0. The molecule has 1 unspecified atom stereocenters. The molecule has 4 N–H and O–H groups in total. The van der Waals surface area contributed by atoms with E-state index in [4.69, 9.17) is 0 Å². The van der Waals surface area contributed by atoms with Gasteiger partial charge >= 0.3 is 6.03 Å². The van der Waals surface area contributed by atoms with Gasteiger partial charge in [0.25, 0.3) is 0 Å². The lowest BCUT2D eigenvalue weighted by Crippen LogP contribution is -2.53. The van der Waals surface area contributed by atoms with Crippen molar-refractivity contribution in [3.63, 3.8) is 0 Å². The average molecular weight is 552 g/mol. The van der Waals surface area contributed by atoms with Crippen molar-refractivity contribution in [2.24, 2.45) is 0 Å². The van der Waals surface area contributed by atoms with Crippen molar-refractivity contribution in [3.05, 3.63) is 101 Å². The lowest BCUT2D eigenvalue weighted by molar-refractivity contribution is -0.124. The quantitative estimate of drug-likeness (QED) is 0.278. The van der Waals surface area contributed by atoms with Crippen LogP contribution in [0.4, 0.5) is 19.3 Å². The summed E-state index contributed by atoms with van der Waals surface area (Å²) in [6.45, 7) is 0.758. The number of hydrogen-bond acceptors (Lipinski definition) is 5. The fraction of sp³-hybridized carbons (Fsp3) is 0.333. The summed E-state index contributed by atoms with van der Waals surface area (Å²) >= 11 is 0. The van der Waals surface area contributed by atoms with Crippen molar-refractivity contribution in [3.8, 4) is 0 Å². The minimum Gasteiger partial charge on any atom is -0.390 e. The number of amides is 3. The van der Waals surface area contributed by atoms with E-state index in [-0.39, 0.29) is 25.2 Å².